The van der Waals surface area contributed by atoms with E-state index in [1.165, 1.54) is 7.11 Å². The highest BCUT2D eigenvalue weighted by Crippen LogP contribution is 2.35. The molecule has 0 aliphatic carbocycles. The lowest BCUT2D eigenvalue weighted by molar-refractivity contribution is -0.141. The second-order valence-corrected chi connectivity index (χ2v) is 8.46. The van der Waals surface area contributed by atoms with Crippen LogP contribution in [-0.2, 0) is 22.4 Å². The van der Waals surface area contributed by atoms with Crippen LogP contribution < -0.4 is 24.3 Å². The van der Waals surface area contributed by atoms with Crippen molar-refractivity contribution < 1.29 is 33.3 Å². The summed E-state index contributed by atoms with van der Waals surface area (Å²) >= 11 is 0. The summed E-state index contributed by atoms with van der Waals surface area (Å²) in [6, 6.07) is 20.1. The minimum Gasteiger partial charge on any atom is -0.493 e. The molecule has 188 valence electrons. The quantitative estimate of drug-likeness (QED) is 0.426. The van der Waals surface area contributed by atoms with Gasteiger partial charge in [0.25, 0.3) is 0 Å². The maximum atomic E-state index is 12.6. The fourth-order valence-electron chi connectivity index (χ4n) is 4.31. The number of carbonyl (C=O) groups is 2. The third kappa shape index (κ3) is 5.89. The zero-order valence-corrected chi connectivity index (χ0v) is 20.5. The van der Waals surface area contributed by atoms with Gasteiger partial charge in [0.1, 0.15) is 0 Å². The smallest absolute Gasteiger partial charge is 0.417 e. The Bertz CT molecular complexity index is 1210. The van der Waals surface area contributed by atoms with E-state index in [-0.39, 0.29) is 23.6 Å². The number of esters is 1. The largest absolute Gasteiger partial charge is 0.493 e. The molecule has 2 atom stereocenters. The molecule has 1 amide bonds. The minimum absolute atomic E-state index is 0.00849. The summed E-state index contributed by atoms with van der Waals surface area (Å²) in [6.45, 7) is 0.357. The number of hydrogen-bond donors (Lipinski definition) is 1. The number of benzene rings is 3. The minimum atomic E-state index is -0.624. The Morgan fingerprint density at radius 3 is 2.11 bits per heavy atom. The van der Waals surface area contributed by atoms with Gasteiger partial charge < -0.3 is 23.7 Å². The molecular weight excluding hydrogens is 462 g/mol. The van der Waals surface area contributed by atoms with E-state index in [1.54, 1.807) is 38.5 Å². The molecule has 0 saturated carbocycles. The molecule has 1 fully saturated rings. The van der Waals surface area contributed by atoms with Crippen molar-refractivity contribution in [2.24, 2.45) is 11.8 Å². The lowest BCUT2D eigenvalue weighted by atomic mass is 9.85. The van der Waals surface area contributed by atoms with Crippen LogP contribution in [0, 0.1) is 11.8 Å². The number of cyclic esters (lactones) is 1. The topological polar surface area (TPSA) is 92.3 Å². The average Bonchev–Trinajstić information content (AvgIpc) is 3.23. The van der Waals surface area contributed by atoms with Gasteiger partial charge in [-0.1, -0.05) is 30.3 Å². The fraction of sp³-hybridized carbons (Fsp3) is 0.286. The van der Waals surface area contributed by atoms with Crippen LogP contribution in [0.4, 0.5) is 10.5 Å². The van der Waals surface area contributed by atoms with Crippen molar-refractivity contribution >= 4 is 17.7 Å². The van der Waals surface area contributed by atoms with Gasteiger partial charge >= 0.3 is 12.1 Å². The molecule has 8 nitrogen and oxygen atoms in total. The van der Waals surface area contributed by atoms with E-state index in [2.05, 4.69) is 5.32 Å². The van der Waals surface area contributed by atoms with Crippen molar-refractivity contribution in [3.63, 3.8) is 0 Å². The Kier molecular flexibility index (Phi) is 7.95. The van der Waals surface area contributed by atoms with Crippen molar-refractivity contribution in [1.82, 2.24) is 0 Å². The molecule has 8 heteroatoms. The Balaban J connectivity index is 1.44. The highest BCUT2D eigenvalue weighted by Gasteiger charge is 2.37. The predicted molar refractivity (Wildman–Crippen MR) is 134 cm³/mol. The molecule has 1 aliphatic rings. The SMILES string of the molecule is COc1ccc(C[C@H]2COC(=O)[C@@H]2Cc2ccc(OC(=O)Nc3ccccc3)c(OC)c2)cc1OC. The molecule has 36 heavy (non-hydrogen) atoms. The van der Waals surface area contributed by atoms with Gasteiger partial charge in [-0.25, -0.2) is 4.79 Å². The standard InChI is InChI=1S/C28H29NO7/c1-32-23-11-9-18(15-25(23)33-2)13-20-17-35-27(30)22(20)14-19-10-12-24(26(16-19)34-3)36-28(31)29-21-7-5-4-6-8-21/h4-12,15-16,20,22H,13-14,17H2,1-3H3,(H,29,31)/t20-,22+/m0/s1. The highest BCUT2D eigenvalue weighted by molar-refractivity contribution is 5.86. The summed E-state index contributed by atoms with van der Waals surface area (Å²) in [4.78, 5) is 24.9. The van der Waals surface area contributed by atoms with E-state index in [1.807, 2.05) is 42.5 Å². The van der Waals surface area contributed by atoms with Gasteiger partial charge in [0.05, 0.1) is 33.9 Å². The van der Waals surface area contributed by atoms with Gasteiger partial charge in [-0.3, -0.25) is 10.1 Å². The normalized spacial score (nSPS) is 16.7. The molecule has 0 bridgehead atoms. The van der Waals surface area contributed by atoms with Crippen molar-refractivity contribution in [2.75, 3.05) is 33.3 Å². The maximum absolute atomic E-state index is 12.6. The fourth-order valence-corrected chi connectivity index (χ4v) is 4.31. The molecule has 4 rings (SSSR count). The second kappa shape index (κ2) is 11.5. The first-order chi connectivity index (χ1) is 17.5. The summed E-state index contributed by atoms with van der Waals surface area (Å²) in [6.07, 6.45) is 0.514. The van der Waals surface area contributed by atoms with Crippen LogP contribution in [0.2, 0.25) is 0 Å². The Morgan fingerprint density at radius 2 is 1.44 bits per heavy atom. The predicted octanol–water partition coefficient (Wildman–Crippen LogP) is 4.90. The number of rotatable bonds is 9. The van der Waals surface area contributed by atoms with E-state index in [4.69, 9.17) is 23.7 Å². The maximum Gasteiger partial charge on any atom is 0.417 e. The molecule has 0 aromatic heterocycles. The number of ether oxygens (including phenoxy) is 5. The van der Waals surface area contributed by atoms with Crippen LogP contribution >= 0.6 is 0 Å². The van der Waals surface area contributed by atoms with E-state index in [9.17, 15) is 9.59 Å². The Hall–Kier alpha value is -4.20. The van der Waals surface area contributed by atoms with Crippen LogP contribution in [0.5, 0.6) is 23.0 Å². The van der Waals surface area contributed by atoms with Gasteiger partial charge in [0.15, 0.2) is 23.0 Å². The number of carbonyl (C=O) groups excluding carboxylic acids is 2. The van der Waals surface area contributed by atoms with Crippen LogP contribution in [0.3, 0.4) is 0 Å². The Morgan fingerprint density at radius 1 is 0.833 bits per heavy atom. The zero-order chi connectivity index (χ0) is 25.5. The molecule has 0 spiro atoms. The summed E-state index contributed by atoms with van der Waals surface area (Å²) in [5, 5.41) is 2.67. The van der Waals surface area contributed by atoms with Gasteiger partial charge in [-0.2, -0.15) is 0 Å². The number of nitrogens with one attached hydrogen (secondary N) is 1. The van der Waals surface area contributed by atoms with E-state index < -0.39 is 6.09 Å². The lowest BCUT2D eigenvalue weighted by Gasteiger charge is -2.17. The number of amides is 1. The third-order valence-corrected chi connectivity index (χ3v) is 6.16. The first-order valence-electron chi connectivity index (χ1n) is 11.6. The average molecular weight is 492 g/mol. The molecule has 1 N–H and O–H groups in total. The number of anilines is 1. The number of para-hydroxylation sites is 1. The van der Waals surface area contributed by atoms with Gasteiger partial charge in [0.2, 0.25) is 0 Å². The summed E-state index contributed by atoms with van der Waals surface area (Å²) in [7, 11) is 4.70. The lowest BCUT2D eigenvalue weighted by Crippen LogP contribution is -2.21. The second-order valence-electron chi connectivity index (χ2n) is 8.46. The molecule has 1 saturated heterocycles. The first kappa shape index (κ1) is 24.9. The van der Waals surface area contributed by atoms with E-state index in [0.717, 1.165) is 11.1 Å². The molecule has 1 aliphatic heterocycles. The van der Waals surface area contributed by atoms with Gasteiger partial charge in [-0.15, -0.1) is 0 Å². The highest BCUT2D eigenvalue weighted by atomic mass is 16.6. The van der Waals surface area contributed by atoms with Crippen molar-refractivity contribution in [1.29, 1.82) is 0 Å². The third-order valence-electron chi connectivity index (χ3n) is 6.16. The van der Waals surface area contributed by atoms with Crippen LogP contribution in [0.1, 0.15) is 11.1 Å². The van der Waals surface area contributed by atoms with E-state index >= 15 is 0 Å². The first-order valence-corrected chi connectivity index (χ1v) is 11.6. The summed E-state index contributed by atoms with van der Waals surface area (Å²) < 4.78 is 27.0. The van der Waals surface area contributed by atoms with Gasteiger partial charge in [-0.05, 0) is 60.4 Å². The molecule has 3 aromatic carbocycles. The monoisotopic (exact) mass is 491 g/mol. The summed E-state index contributed by atoms with van der Waals surface area (Å²) in [5.41, 5.74) is 2.54. The number of hydrogen-bond acceptors (Lipinski definition) is 7. The van der Waals surface area contributed by atoms with E-state index in [0.29, 0.717) is 42.4 Å². The molecule has 0 unspecified atom stereocenters. The Labute approximate surface area is 210 Å². The number of methoxy groups -OCH3 is 3. The van der Waals surface area contributed by atoms with Crippen LogP contribution in [0.25, 0.3) is 0 Å². The molecular formula is C28H29NO7. The zero-order valence-electron chi connectivity index (χ0n) is 20.5. The van der Waals surface area contributed by atoms with Crippen LogP contribution in [-0.4, -0.2) is 40.0 Å². The summed E-state index contributed by atoms with van der Waals surface area (Å²) in [5.74, 6) is 1.47. The molecule has 0 radical (unpaired) electrons. The molecule has 1 heterocycles. The van der Waals surface area contributed by atoms with Crippen molar-refractivity contribution in [3.8, 4) is 23.0 Å². The van der Waals surface area contributed by atoms with Crippen molar-refractivity contribution in [2.45, 2.75) is 12.8 Å². The van der Waals surface area contributed by atoms with Gasteiger partial charge in [0, 0.05) is 11.6 Å². The van der Waals surface area contributed by atoms with Crippen LogP contribution in [0.15, 0.2) is 66.7 Å². The molecule has 3 aromatic rings. The van der Waals surface area contributed by atoms with Crippen molar-refractivity contribution in [3.05, 3.63) is 77.9 Å².